The van der Waals surface area contributed by atoms with E-state index in [0.717, 1.165) is 33.3 Å². The number of hydrogen-bond donors (Lipinski definition) is 2. The topological polar surface area (TPSA) is 76.7 Å². The number of rotatable bonds is 4. The highest BCUT2D eigenvalue weighted by atomic mass is 19.4. The van der Waals surface area contributed by atoms with E-state index in [-0.39, 0.29) is 0 Å². The van der Waals surface area contributed by atoms with Crippen LogP contribution in [0.4, 0.5) is 19.1 Å². The van der Waals surface area contributed by atoms with Crippen LogP contribution in [0, 0.1) is 0 Å². The molecule has 8 heteroatoms. The summed E-state index contributed by atoms with van der Waals surface area (Å²) in [5.41, 5.74) is 11.6. The predicted molar refractivity (Wildman–Crippen MR) is 113 cm³/mol. The van der Waals surface area contributed by atoms with E-state index in [0.29, 0.717) is 18.1 Å². The fourth-order valence-corrected chi connectivity index (χ4v) is 2.94. The van der Waals surface area contributed by atoms with Crippen LogP contribution in [0.5, 0.6) is 0 Å². The van der Waals surface area contributed by atoms with E-state index in [2.05, 4.69) is 45.6 Å². The fraction of sp³-hybridized carbons (Fsp3) is 0.136. The van der Waals surface area contributed by atoms with E-state index in [1.807, 2.05) is 30.3 Å². The smallest absolute Gasteiger partial charge is 0.357 e. The third-order valence-electron chi connectivity index (χ3n) is 4.34. The molecule has 0 aliphatic carbocycles. The number of hydrogen-bond acceptors (Lipinski definition) is 5. The van der Waals surface area contributed by atoms with Gasteiger partial charge in [0.05, 0.1) is 5.69 Å². The van der Waals surface area contributed by atoms with Gasteiger partial charge in [-0.1, -0.05) is 54.6 Å². The molecule has 0 saturated heterocycles. The molecule has 0 unspecified atom stereocenters. The van der Waals surface area contributed by atoms with Crippen molar-refractivity contribution in [2.24, 2.45) is 5.73 Å². The Morgan fingerprint density at radius 2 is 1.60 bits per heavy atom. The summed E-state index contributed by atoms with van der Waals surface area (Å²) in [5.74, 6) is 0.557. The zero-order valence-electron chi connectivity index (χ0n) is 16.2. The quantitative estimate of drug-likeness (QED) is 0.492. The van der Waals surface area contributed by atoms with Crippen molar-refractivity contribution in [1.82, 2.24) is 15.0 Å². The maximum absolute atomic E-state index is 9.67. The highest BCUT2D eigenvalue weighted by Gasteiger charge is 2.13. The number of halogens is 3. The summed E-state index contributed by atoms with van der Waals surface area (Å²) in [6, 6.07) is 20.5. The molecule has 4 rings (SSSR count). The number of benzene rings is 2. The Morgan fingerprint density at radius 3 is 2.20 bits per heavy atom. The molecule has 2 aromatic carbocycles. The Hall–Kier alpha value is -3.52. The van der Waals surface area contributed by atoms with Crippen LogP contribution in [0.3, 0.4) is 0 Å². The summed E-state index contributed by atoms with van der Waals surface area (Å²) in [7, 11) is 1.80. The molecule has 5 nitrogen and oxygen atoms in total. The largest absolute Gasteiger partial charge is 0.379 e. The van der Waals surface area contributed by atoms with Crippen LogP contribution < -0.4 is 11.1 Å². The molecule has 0 spiro atoms. The molecular formula is C22H20F3N5. The normalized spacial score (nSPS) is 10.6. The minimum atomic E-state index is -3.67. The molecule has 0 bridgehead atoms. The van der Waals surface area contributed by atoms with Gasteiger partial charge in [0, 0.05) is 36.3 Å². The van der Waals surface area contributed by atoms with Crippen LogP contribution in [0.15, 0.2) is 66.9 Å². The molecule has 154 valence electrons. The zero-order valence-corrected chi connectivity index (χ0v) is 16.2. The lowest BCUT2D eigenvalue weighted by molar-refractivity contribution is 0.00819. The van der Waals surface area contributed by atoms with Gasteiger partial charge in [-0.15, -0.1) is 0 Å². The van der Waals surface area contributed by atoms with Gasteiger partial charge in [-0.05, 0) is 17.2 Å². The van der Waals surface area contributed by atoms with Crippen LogP contribution in [0.25, 0.3) is 33.4 Å². The first-order chi connectivity index (χ1) is 14.5. The minimum absolute atomic E-state index is 0.524. The molecule has 0 saturated carbocycles. The number of nitrogens with zero attached hydrogens (tertiary/aromatic N) is 3. The summed E-state index contributed by atoms with van der Waals surface area (Å²) in [4.78, 5) is 13.7. The summed E-state index contributed by atoms with van der Waals surface area (Å²) in [6.07, 6.45) is 1.80. The second-order valence-electron chi connectivity index (χ2n) is 6.26. The number of pyridine rings is 1. The molecular weight excluding hydrogens is 391 g/mol. The molecule has 0 aliphatic rings. The van der Waals surface area contributed by atoms with Gasteiger partial charge in [-0.2, -0.15) is 18.2 Å². The van der Waals surface area contributed by atoms with Crippen molar-refractivity contribution < 1.29 is 13.2 Å². The van der Waals surface area contributed by atoms with E-state index in [9.17, 15) is 13.2 Å². The number of nitrogens with one attached hydrogen (secondary N) is 1. The zero-order chi connectivity index (χ0) is 21.5. The van der Waals surface area contributed by atoms with Crippen LogP contribution in [0.2, 0.25) is 0 Å². The Morgan fingerprint density at radius 1 is 0.933 bits per heavy atom. The Labute approximate surface area is 171 Å². The first kappa shape index (κ1) is 21.2. The number of anilines is 1. The van der Waals surface area contributed by atoms with Gasteiger partial charge >= 0.3 is 6.68 Å². The molecule has 0 atom stereocenters. The number of fused-ring (bicyclic) bond motifs is 1. The number of aromatic nitrogens is 3. The lowest BCUT2D eigenvalue weighted by Crippen LogP contribution is -1.99. The van der Waals surface area contributed by atoms with Crippen molar-refractivity contribution in [2.75, 3.05) is 12.4 Å². The predicted octanol–water partition coefficient (Wildman–Crippen LogP) is 5.04. The lowest BCUT2D eigenvalue weighted by Gasteiger charge is -2.12. The summed E-state index contributed by atoms with van der Waals surface area (Å²) in [5, 5.41) is 3.87. The SMILES string of the molecule is CNc1ncc2cc(-c3ccccc3)c(-c3ccc(CN)cc3)nc2n1.FC(F)F. The molecule has 0 radical (unpaired) electrons. The molecule has 2 aromatic heterocycles. The van der Waals surface area contributed by atoms with Crippen molar-refractivity contribution in [2.45, 2.75) is 13.2 Å². The van der Waals surface area contributed by atoms with Crippen molar-refractivity contribution in [3.05, 3.63) is 72.4 Å². The Bertz CT molecular complexity index is 1100. The molecule has 4 aromatic rings. The maximum Gasteiger partial charge on any atom is 0.379 e. The van der Waals surface area contributed by atoms with Gasteiger partial charge < -0.3 is 11.1 Å². The van der Waals surface area contributed by atoms with Crippen LogP contribution >= 0.6 is 0 Å². The molecule has 3 N–H and O–H groups in total. The van der Waals surface area contributed by atoms with Crippen molar-refractivity contribution in [3.8, 4) is 22.4 Å². The number of alkyl halides is 3. The van der Waals surface area contributed by atoms with E-state index in [1.54, 1.807) is 13.2 Å². The third kappa shape index (κ3) is 5.09. The standard InChI is InChI=1S/C21H19N5.CHF3/c1-23-21-24-13-17-11-18(15-5-3-2-4-6-15)19(25-20(17)26-21)16-9-7-14(12-22)8-10-16;2-1(3)4/h2-11,13H,12,22H2,1H3,(H,23,24,25,26);1H. The van der Waals surface area contributed by atoms with Crippen molar-refractivity contribution in [3.63, 3.8) is 0 Å². The summed E-state index contributed by atoms with van der Waals surface area (Å²) < 4.78 is 29.0. The van der Waals surface area contributed by atoms with Gasteiger partial charge in [0.25, 0.3) is 0 Å². The van der Waals surface area contributed by atoms with E-state index >= 15 is 0 Å². The van der Waals surface area contributed by atoms with Crippen molar-refractivity contribution >= 4 is 17.0 Å². The van der Waals surface area contributed by atoms with Crippen LogP contribution in [-0.2, 0) is 6.54 Å². The number of nitrogens with two attached hydrogens (primary N) is 1. The first-order valence-corrected chi connectivity index (χ1v) is 9.14. The third-order valence-corrected chi connectivity index (χ3v) is 4.34. The highest BCUT2D eigenvalue weighted by Crippen LogP contribution is 2.33. The van der Waals surface area contributed by atoms with E-state index in [4.69, 9.17) is 10.7 Å². The van der Waals surface area contributed by atoms with Gasteiger partial charge in [0.15, 0.2) is 5.65 Å². The summed E-state index contributed by atoms with van der Waals surface area (Å²) >= 11 is 0. The minimum Gasteiger partial charge on any atom is -0.357 e. The van der Waals surface area contributed by atoms with Crippen LogP contribution in [-0.4, -0.2) is 28.7 Å². The summed E-state index contributed by atoms with van der Waals surface area (Å²) in [6.45, 7) is -3.14. The lowest BCUT2D eigenvalue weighted by atomic mass is 9.98. The van der Waals surface area contributed by atoms with Gasteiger partial charge in [-0.3, -0.25) is 0 Å². The second kappa shape index (κ2) is 9.80. The maximum atomic E-state index is 9.67. The molecule has 0 amide bonds. The highest BCUT2D eigenvalue weighted by molar-refractivity contribution is 5.90. The van der Waals surface area contributed by atoms with E-state index < -0.39 is 6.68 Å². The molecule has 0 fully saturated rings. The van der Waals surface area contributed by atoms with Crippen LogP contribution in [0.1, 0.15) is 5.56 Å². The Kier molecular flexibility index (Phi) is 6.92. The van der Waals surface area contributed by atoms with Gasteiger partial charge in [0.1, 0.15) is 0 Å². The average molecular weight is 411 g/mol. The average Bonchev–Trinajstić information content (AvgIpc) is 2.78. The molecule has 30 heavy (non-hydrogen) atoms. The fourth-order valence-electron chi connectivity index (χ4n) is 2.94. The molecule has 0 aliphatic heterocycles. The van der Waals surface area contributed by atoms with Crippen molar-refractivity contribution in [1.29, 1.82) is 0 Å². The van der Waals surface area contributed by atoms with Gasteiger partial charge in [-0.25, -0.2) is 9.97 Å². The monoisotopic (exact) mass is 411 g/mol. The van der Waals surface area contributed by atoms with Gasteiger partial charge in [0.2, 0.25) is 5.95 Å². The van der Waals surface area contributed by atoms with E-state index in [1.165, 1.54) is 0 Å². The second-order valence-corrected chi connectivity index (χ2v) is 6.26. The molecule has 2 heterocycles. The Balaban J connectivity index is 0.000000589. The first-order valence-electron chi connectivity index (χ1n) is 9.14.